The Bertz CT molecular complexity index is 556. The fourth-order valence-corrected chi connectivity index (χ4v) is 3.77. The van der Waals surface area contributed by atoms with Crippen LogP contribution in [0.25, 0.3) is 10.2 Å². The van der Waals surface area contributed by atoms with Crippen LogP contribution in [0.3, 0.4) is 0 Å². The maximum Gasteiger partial charge on any atom is 0.225 e. The van der Waals surface area contributed by atoms with Crippen molar-refractivity contribution in [3.8, 4) is 0 Å². The highest BCUT2D eigenvalue weighted by Gasteiger charge is 2.18. The molecule has 0 saturated carbocycles. The Kier molecular flexibility index (Phi) is 3.38. The van der Waals surface area contributed by atoms with Gasteiger partial charge in [-0.25, -0.2) is 4.98 Å². The van der Waals surface area contributed by atoms with Crippen molar-refractivity contribution in [2.45, 2.75) is 0 Å². The van der Waals surface area contributed by atoms with E-state index in [9.17, 15) is 0 Å². The summed E-state index contributed by atoms with van der Waals surface area (Å²) in [6.07, 6.45) is 0. The minimum atomic E-state index is 0.317. The van der Waals surface area contributed by atoms with Crippen molar-refractivity contribution in [3.63, 3.8) is 0 Å². The quantitative estimate of drug-likeness (QED) is 0.562. The van der Waals surface area contributed by atoms with Crippen LogP contribution in [0.2, 0.25) is 5.28 Å². The molecule has 90 valence electrons. The second kappa shape index (κ2) is 4.83. The molecule has 0 aromatic carbocycles. The lowest BCUT2D eigenvalue weighted by atomic mass is 10.3. The number of halogens is 2. The Labute approximate surface area is 121 Å². The van der Waals surface area contributed by atoms with E-state index >= 15 is 0 Å². The van der Waals surface area contributed by atoms with E-state index in [0.29, 0.717) is 5.28 Å². The monoisotopic (exact) mass is 381 g/mol. The molecule has 1 fully saturated rings. The molecule has 3 heterocycles. The van der Waals surface area contributed by atoms with Gasteiger partial charge in [-0.2, -0.15) is 4.98 Å². The zero-order valence-corrected chi connectivity index (χ0v) is 12.5. The van der Waals surface area contributed by atoms with Gasteiger partial charge in [-0.3, -0.25) is 0 Å². The first-order chi connectivity index (χ1) is 8.24. The number of morpholine rings is 1. The zero-order valence-electron chi connectivity index (χ0n) is 8.82. The minimum absolute atomic E-state index is 0.317. The van der Waals surface area contributed by atoms with Gasteiger partial charge >= 0.3 is 0 Å². The Morgan fingerprint density at radius 1 is 1.35 bits per heavy atom. The lowest BCUT2D eigenvalue weighted by Gasteiger charge is -2.28. The summed E-state index contributed by atoms with van der Waals surface area (Å²) >= 11 is 9.91. The minimum Gasteiger partial charge on any atom is -0.378 e. The average molecular weight is 382 g/mol. The molecule has 0 aliphatic carbocycles. The van der Waals surface area contributed by atoms with Gasteiger partial charge in [-0.1, -0.05) is 0 Å². The molecule has 0 N–H and O–H groups in total. The van der Waals surface area contributed by atoms with Gasteiger partial charge in [0.2, 0.25) is 5.28 Å². The predicted molar refractivity (Wildman–Crippen MR) is 78.2 cm³/mol. The Hall–Kier alpha value is -0.180. The third-order valence-electron chi connectivity index (χ3n) is 2.63. The number of nitrogens with zero attached hydrogens (tertiary/aromatic N) is 3. The Morgan fingerprint density at radius 3 is 2.88 bits per heavy atom. The first-order valence-corrected chi connectivity index (χ1v) is 7.46. The summed E-state index contributed by atoms with van der Waals surface area (Å²) in [5.74, 6) is 0.933. The largest absolute Gasteiger partial charge is 0.378 e. The molecule has 0 bridgehead atoms. The molecular formula is C10H9ClIN3OS. The van der Waals surface area contributed by atoms with Crippen LogP contribution in [0.5, 0.6) is 0 Å². The van der Waals surface area contributed by atoms with Gasteiger partial charge in [0.05, 0.1) is 21.5 Å². The Balaban J connectivity index is 2.12. The highest BCUT2D eigenvalue weighted by molar-refractivity contribution is 14.1. The van der Waals surface area contributed by atoms with E-state index in [2.05, 4.69) is 43.5 Å². The molecule has 2 aromatic rings. The summed E-state index contributed by atoms with van der Waals surface area (Å²) < 4.78 is 6.55. The van der Waals surface area contributed by atoms with Crippen LogP contribution in [0.1, 0.15) is 0 Å². The topological polar surface area (TPSA) is 38.2 Å². The molecule has 0 unspecified atom stereocenters. The van der Waals surface area contributed by atoms with Crippen molar-refractivity contribution < 1.29 is 4.74 Å². The van der Waals surface area contributed by atoms with Crippen molar-refractivity contribution in [2.24, 2.45) is 0 Å². The van der Waals surface area contributed by atoms with E-state index in [4.69, 9.17) is 16.3 Å². The third kappa shape index (κ3) is 2.35. The predicted octanol–water partition coefficient (Wildman–Crippen LogP) is 2.79. The van der Waals surface area contributed by atoms with Crippen LogP contribution in [0.4, 0.5) is 5.82 Å². The summed E-state index contributed by atoms with van der Waals surface area (Å²) in [4.78, 5) is 11.8. The number of ether oxygens (including phenoxy) is 1. The molecule has 7 heteroatoms. The number of hydrogen-bond acceptors (Lipinski definition) is 5. The number of hydrogen-bond donors (Lipinski definition) is 0. The van der Waals surface area contributed by atoms with Gasteiger partial charge in [-0.15, -0.1) is 11.3 Å². The normalized spacial score (nSPS) is 16.7. The van der Waals surface area contributed by atoms with Crippen LogP contribution in [-0.2, 0) is 4.74 Å². The molecule has 0 radical (unpaired) electrons. The van der Waals surface area contributed by atoms with Crippen molar-refractivity contribution in [1.82, 2.24) is 9.97 Å². The van der Waals surface area contributed by atoms with Crippen LogP contribution in [0.15, 0.2) is 6.07 Å². The van der Waals surface area contributed by atoms with Crippen molar-refractivity contribution in [3.05, 3.63) is 14.2 Å². The van der Waals surface area contributed by atoms with Crippen molar-refractivity contribution in [2.75, 3.05) is 31.2 Å². The number of rotatable bonds is 1. The summed E-state index contributed by atoms with van der Waals surface area (Å²) in [5.41, 5.74) is 0. The van der Waals surface area contributed by atoms with E-state index in [0.717, 1.165) is 42.3 Å². The van der Waals surface area contributed by atoms with Crippen molar-refractivity contribution >= 4 is 61.6 Å². The van der Waals surface area contributed by atoms with E-state index in [1.807, 2.05) is 0 Å². The Morgan fingerprint density at radius 2 is 2.12 bits per heavy atom. The maximum atomic E-state index is 5.98. The lowest BCUT2D eigenvalue weighted by molar-refractivity contribution is 0.122. The lowest BCUT2D eigenvalue weighted by Crippen LogP contribution is -2.36. The summed E-state index contributed by atoms with van der Waals surface area (Å²) in [6.45, 7) is 3.19. The molecule has 0 atom stereocenters. The van der Waals surface area contributed by atoms with Gasteiger partial charge in [0.25, 0.3) is 0 Å². The smallest absolute Gasteiger partial charge is 0.225 e. The van der Waals surface area contributed by atoms with E-state index < -0.39 is 0 Å². The first-order valence-electron chi connectivity index (χ1n) is 5.19. The van der Waals surface area contributed by atoms with Gasteiger partial charge < -0.3 is 9.64 Å². The molecule has 17 heavy (non-hydrogen) atoms. The first kappa shape index (κ1) is 11.9. The maximum absolute atomic E-state index is 5.98. The number of fused-ring (bicyclic) bond motifs is 1. The third-order valence-corrected chi connectivity index (χ3v) is 4.58. The highest BCUT2D eigenvalue weighted by atomic mass is 127. The highest BCUT2D eigenvalue weighted by Crippen LogP contribution is 2.32. The van der Waals surface area contributed by atoms with Crippen LogP contribution >= 0.6 is 45.5 Å². The number of thiophene rings is 1. The summed E-state index contributed by atoms with van der Waals surface area (Å²) in [6, 6.07) is 2.11. The molecule has 1 aliphatic rings. The molecule has 3 rings (SSSR count). The standard InChI is InChI=1S/C10H9ClIN3OS/c11-10-13-8(15-1-3-16-4-2-15)6-5-7(12)17-9(6)14-10/h5H,1-4H2. The number of aromatic nitrogens is 2. The van der Waals surface area contributed by atoms with Gasteiger partial charge in [0, 0.05) is 13.1 Å². The van der Waals surface area contributed by atoms with E-state index in [1.165, 1.54) is 2.88 Å². The molecule has 2 aromatic heterocycles. The van der Waals surface area contributed by atoms with Crippen molar-refractivity contribution in [1.29, 1.82) is 0 Å². The van der Waals surface area contributed by atoms with Gasteiger partial charge in [-0.05, 0) is 40.3 Å². The van der Waals surface area contributed by atoms with E-state index in [-0.39, 0.29) is 0 Å². The fourth-order valence-electron chi connectivity index (χ4n) is 1.87. The van der Waals surface area contributed by atoms with Crippen LogP contribution in [-0.4, -0.2) is 36.3 Å². The average Bonchev–Trinajstić information content (AvgIpc) is 2.69. The van der Waals surface area contributed by atoms with Gasteiger partial charge in [0.1, 0.15) is 10.6 Å². The van der Waals surface area contributed by atoms with Crippen LogP contribution < -0.4 is 4.90 Å². The molecule has 0 spiro atoms. The summed E-state index contributed by atoms with van der Waals surface area (Å²) in [7, 11) is 0. The summed E-state index contributed by atoms with van der Waals surface area (Å²) in [5, 5.41) is 1.41. The van der Waals surface area contributed by atoms with Gasteiger partial charge in [0.15, 0.2) is 0 Å². The van der Waals surface area contributed by atoms with Crippen LogP contribution in [0, 0.1) is 2.88 Å². The second-order valence-corrected chi connectivity index (χ2v) is 6.95. The molecule has 1 saturated heterocycles. The fraction of sp³-hybridized carbons (Fsp3) is 0.400. The molecule has 0 amide bonds. The molecule has 4 nitrogen and oxygen atoms in total. The zero-order chi connectivity index (χ0) is 11.8. The van der Waals surface area contributed by atoms with E-state index in [1.54, 1.807) is 11.3 Å². The number of anilines is 1. The second-order valence-electron chi connectivity index (χ2n) is 3.69. The molecular weight excluding hydrogens is 373 g/mol. The SMILES string of the molecule is Clc1nc(N2CCOCC2)c2cc(I)sc2n1. The molecule has 1 aliphatic heterocycles.